The minimum absolute atomic E-state index is 0.0144. The minimum Gasteiger partial charge on any atom is -0.461 e. The summed E-state index contributed by atoms with van der Waals surface area (Å²) < 4.78 is 18.5. The number of nitrogen functional groups attached to an aromatic ring is 1. The Morgan fingerprint density at radius 1 is 1.32 bits per heavy atom. The van der Waals surface area contributed by atoms with Gasteiger partial charge in [0.1, 0.15) is 17.5 Å². The number of ether oxygens (including phenoxy) is 1. The molecule has 146 valence electrons. The zero-order chi connectivity index (χ0) is 20.7. The molecule has 1 aliphatic heterocycles. The molecule has 2 heterocycles. The summed E-state index contributed by atoms with van der Waals surface area (Å²) in [5.74, 6) is -0.622. The van der Waals surface area contributed by atoms with Gasteiger partial charge in [-0.05, 0) is 52.2 Å². The zero-order valence-corrected chi connectivity index (χ0v) is 16.6. The van der Waals surface area contributed by atoms with E-state index in [0.29, 0.717) is 5.69 Å². The van der Waals surface area contributed by atoms with Crippen LogP contribution in [0.2, 0.25) is 0 Å². The zero-order valence-electron chi connectivity index (χ0n) is 16.6. The average Bonchev–Trinajstić information content (AvgIpc) is 3.08. The van der Waals surface area contributed by atoms with E-state index in [2.05, 4.69) is 5.10 Å². The van der Waals surface area contributed by atoms with E-state index in [1.807, 2.05) is 52.0 Å². The molecule has 0 amide bonds. The second-order valence-corrected chi connectivity index (χ2v) is 7.54. The topological polar surface area (TPSA) is 112 Å². The maximum absolute atomic E-state index is 12.1. The summed E-state index contributed by atoms with van der Waals surface area (Å²) in [6, 6.07) is 9.20. The van der Waals surface area contributed by atoms with Crippen molar-refractivity contribution in [3.63, 3.8) is 0 Å². The first-order chi connectivity index (χ1) is 13.1. The molecular weight excluding hydrogens is 359 g/mol. The third-order valence-corrected chi connectivity index (χ3v) is 5.14. The molecule has 9 heteroatoms. The lowest BCUT2D eigenvalue weighted by atomic mass is 9.79. The monoisotopic (exact) mass is 382 g/mol. The lowest BCUT2D eigenvalue weighted by Crippen LogP contribution is -2.41. The Balaban J connectivity index is 2.00. The van der Waals surface area contributed by atoms with Crippen molar-refractivity contribution in [3.05, 3.63) is 35.5 Å². The van der Waals surface area contributed by atoms with Gasteiger partial charge in [-0.3, -0.25) is 0 Å². The van der Waals surface area contributed by atoms with Crippen molar-refractivity contribution in [2.45, 2.75) is 45.8 Å². The summed E-state index contributed by atoms with van der Waals surface area (Å²) in [5, 5.41) is 13.6. The molecule has 3 rings (SSSR count). The van der Waals surface area contributed by atoms with Crippen LogP contribution in [0.1, 0.15) is 50.7 Å². The highest BCUT2D eigenvalue weighted by molar-refractivity contribution is 6.62. The molecule has 1 aromatic carbocycles. The van der Waals surface area contributed by atoms with Crippen molar-refractivity contribution in [2.24, 2.45) is 0 Å². The average molecular weight is 382 g/mol. The third kappa shape index (κ3) is 3.25. The van der Waals surface area contributed by atoms with Crippen molar-refractivity contribution in [1.82, 2.24) is 9.78 Å². The second-order valence-electron chi connectivity index (χ2n) is 7.54. The van der Waals surface area contributed by atoms with E-state index in [9.17, 15) is 10.1 Å². The van der Waals surface area contributed by atoms with E-state index in [4.69, 9.17) is 19.8 Å². The molecule has 1 aromatic heterocycles. The van der Waals surface area contributed by atoms with Crippen molar-refractivity contribution in [3.8, 4) is 11.8 Å². The Bertz CT molecular complexity index is 945. The lowest BCUT2D eigenvalue weighted by Gasteiger charge is -2.32. The van der Waals surface area contributed by atoms with Gasteiger partial charge in [-0.15, -0.1) is 0 Å². The van der Waals surface area contributed by atoms with Gasteiger partial charge in [-0.1, -0.05) is 12.1 Å². The molecule has 8 nitrogen and oxygen atoms in total. The number of carbonyl (C=O) groups is 1. The van der Waals surface area contributed by atoms with Gasteiger partial charge in [-0.25, -0.2) is 9.48 Å². The van der Waals surface area contributed by atoms with Crippen LogP contribution in [0.4, 0.5) is 5.82 Å². The highest BCUT2D eigenvalue weighted by Gasteiger charge is 2.51. The maximum atomic E-state index is 12.1. The van der Waals surface area contributed by atoms with E-state index < -0.39 is 24.3 Å². The molecule has 0 spiro atoms. The molecule has 0 unspecified atom stereocenters. The van der Waals surface area contributed by atoms with Crippen LogP contribution in [0.25, 0.3) is 5.69 Å². The Morgan fingerprint density at radius 2 is 1.96 bits per heavy atom. The smallest absolute Gasteiger partial charge is 0.461 e. The summed E-state index contributed by atoms with van der Waals surface area (Å²) in [7, 11) is -0.554. The number of aromatic nitrogens is 2. The van der Waals surface area contributed by atoms with E-state index in [0.717, 1.165) is 5.46 Å². The predicted molar refractivity (Wildman–Crippen MR) is 104 cm³/mol. The standard InChI is InChI=1S/C19H23BN4O4/c1-6-26-17(25)15-14(11-21)16(22)24(23-15)13-9-7-8-12(10-13)20-27-18(2,3)19(4,5)28-20/h7-10H,6,22H2,1-5H3. The highest BCUT2D eigenvalue weighted by atomic mass is 16.7. The van der Waals surface area contributed by atoms with Crippen LogP contribution < -0.4 is 11.2 Å². The number of hydrogen-bond donors (Lipinski definition) is 1. The highest BCUT2D eigenvalue weighted by Crippen LogP contribution is 2.36. The van der Waals surface area contributed by atoms with E-state index >= 15 is 0 Å². The van der Waals surface area contributed by atoms with Crippen molar-refractivity contribution in [1.29, 1.82) is 5.26 Å². The molecule has 0 saturated carbocycles. The first-order valence-corrected chi connectivity index (χ1v) is 9.03. The summed E-state index contributed by atoms with van der Waals surface area (Å²) >= 11 is 0. The van der Waals surface area contributed by atoms with Gasteiger partial charge in [-0.2, -0.15) is 10.4 Å². The van der Waals surface area contributed by atoms with Crippen LogP contribution in [0.5, 0.6) is 0 Å². The Labute approximate surface area is 164 Å². The van der Waals surface area contributed by atoms with Crippen molar-refractivity contribution >= 4 is 24.4 Å². The number of nitrogens with zero attached hydrogens (tertiary/aromatic N) is 3. The van der Waals surface area contributed by atoms with E-state index in [-0.39, 0.29) is 23.7 Å². The molecule has 0 radical (unpaired) electrons. The molecule has 1 aliphatic rings. The number of benzene rings is 1. The molecule has 1 fully saturated rings. The van der Waals surface area contributed by atoms with Crippen LogP contribution in [-0.2, 0) is 14.0 Å². The summed E-state index contributed by atoms with van der Waals surface area (Å²) in [4.78, 5) is 12.1. The van der Waals surface area contributed by atoms with Gasteiger partial charge in [0.05, 0.1) is 23.5 Å². The molecule has 0 aliphatic carbocycles. The second kappa shape index (κ2) is 6.97. The molecule has 2 aromatic rings. The van der Waals surface area contributed by atoms with Crippen LogP contribution in [0, 0.1) is 11.3 Å². The van der Waals surface area contributed by atoms with Crippen LogP contribution in [0.15, 0.2) is 24.3 Å². The van der Waals surface area contributed by atoms with Gasteiger partial charge < -0.3 is 19.8 Å². The number of anilines is 1. The summed E-state index contributed by atoms with van der Waals surface area (Å²) in [6.07, 6.45) is 0. The fraction of sp³-hybridized carbons (Fsp3) is 0.421. The fourth-order valence-corrected chi connectivity index (χ4v) is 2.86. The summed E-state index contributed by atoms with van der Waals surface area (Å²) in [5.41, 5.74) is 6.38. The number of nitrogens with two attached hydrogens (primary N) is 1. The van der Waals surface area contributed by atoms with Gasteiger partial charge in [0.25, 0.3) is 0 Å². The largest absolute Gasteiger partial charge is 0.494 e. The third-order valence-electron chi connectivity index (χ3n) is 5.14. The number of esters is 1. The number of hydrogen-bond acceptors (Lipinski definition) is 7. The molecule has 0 bridgehead atoms. The van der Waals surface area contributed by atoms with Gasteiger partial charge in [0.2, 0.25) is 0 Å². The van der Waals surface area contributed by atoms with Gasteiger partial charge in [0.15, 0.2) is 5.69 Å². The fourth-order valence-electron chi connectivity index (χ4n) is 2.86. The van der Waals surface area contributed by atoms with Gasteiger partial charge in [0, 0.05) is 0 Å². The van der Waals surface area contributed by atoms with Crippen LogP contribution in [0.3, 0.4) is 0 Å². The minimum atomic E-state index is -0.688. The Hall–Kier alpha value is -2.83. The van der Waals surface area contributed by atoms with E-state index in [1.165, 1.54) is 4.68 Å². The first-order valence-electron chi connectivity index (χ1n) is 9.03. The Morgan fingerprint density at radius 3 is 2.54 bits per heavy atom. The maximum Gasteiger partial charge on any atom is 0.494 e. The van der Waals surface area contributed by atoms with Crippen molar-refractivity contribution in [2.75, 3.05) is 12.3 Å². The SMILES string of the molecule is CCOC(=O)c1nn(-c2cccc(B3OC(C)(C)C(C)(C)O3)c2)c(N)c1C#N. The van der Waals surface area contributed by atoms with Gasteiger partial charge >= 0.3 is 13.1 Å². The number of rotatable bonds is 4. The molecule has 0 atom stereocenters. The predicted octanol–water partition coefficient (Wildman–Crippen LogP) is 1.80. The molecular formula is C19H23BN4O4. The van der Waals surface area contributed by atoms with Crippen molar-refractivity contribution < 1.29 is 18.8 Å². The van der Waals surface area contributed by atoms with E-state index in [1.54, 1.807) is 13.0 Å². The quantitative estimate of drug-likeness (QED) is 0.634. The van der Waals surface area contributed by atoms with Crippen LogP contribution >= 0.6 is 0 Å². The normalized spacial score (nSPS) is 17.4. The number of nitriles is 1. The Kier molecular flexibility index (Phi) is 4.96. The first kappa shape index (κ1) is 19.9. The number of carbonyl (C=O) groups excluding carboxylic acids is 1. The summed E-state index contributed by atoms with van der Waals surface area (Å²) in [6.45, 7) is 9.77. The lowest BCUT2D eigenvalue weighted by molar-refractivity contribution is 0.00578. The van der Waals surface area contributed by atoms with Crippen LogP contribution in [-0.4, -0.2) is 40.7 Å². The molecule has 1 saturated heterocycles. The molecule has 28 heavy (non-hydrogen) atoms. The molecule has 2 N–H and O–H groups in total.